The topological polar surface area (TPSA) is 21.3 Å². The third kappa shape index (κ3) is 3.30. The molecule has 1 aliphatic heterocycles. The lowest BCUT2D eigenvalue weighted by molar-refractivity contribution is 0.0537. The minimum Gasteiger partial charge on any atom is -0.381 e. The lowest BCUT2D eigenvalue weighted by Gasteiger charge is -2.30. The van der Waals surface area contributed by atoms with E-state index in [0.29, 0.717) is 6.04 Å². The minimum atomic E-state index is 0.656. The van der Waals surface area contributed by atoms with Gasteiger partial charge in [0, 0.05) is 19.3 Å². The highest BCUT2D eigenvalue weighted by molar-refractivity contribution is 7.07. The molecular formula is C13H21NOS. The van der Waals surface area contributed by atoms with E-state index in [9.17, 15) is 0 Å². The highest BCUT2D eigenvalue weighted by Crippen LogP contribution is 2.22. The van der Waals surface area contributed by atoms with Crippen molar-refractivity contribution in [3.8, 4) is 0 Å². The smallest absolute Gasteiger partial charge is 0.0469 e. The number of hydrogen-bond donors (Lipinski definition) is 1. The third-order valence-corrected chi connectivity index (χ3v) is 4.26. The molecule has 2 heterocycles. The van der Waals surface area contributed by atoms with Crippen LogP contribution in [0.1, 0.15) is 24.8 Å². The van der Waals surface area contributed by atoms with E-state index < -0.39 is 0 Å². The summed E-state index contributed by atoms with van der Waals surface area (Å²) in [6.07, 6.45) is 4.88. The van der Waals surface area contributed by atoms with Gasteiger partial charge in [0.2, 0.25) is 0 Å². The highest BCUT2D eigenvalue weighted by Gasteiger charge is 2.22. The molecule has 0 aromatic carbocycles. The van der Waals surface area contributed by atoms with Crippen LogP contribution in [-0.4, -0.2) is 26.3 Å². The molecule has 0 amide bonds. The van der Waals surface area contributed by atoms with Crippen LogP contribution in [0.3, 0.4) is 0 Å². The van der Waals surface area contributed by atoms with Gasteiger partial charge in [0.1, 0.15) is 0 Å². The fraction of sp³-hybridized carbons (Fsp3) is 0.692. The predicted molar refractivity (Wildman–Crippen MR) is 69.0 cm³/mol. The van der Waals surface area contributed by atoms with Crippen LogP contribution in [-0.2, 0) is 11.2 Å². The van der Waals surface area contributed by atoms with Crippen molar-refractivity contribution in [1.29, 1.82) is 0 Å². The molecule has 0 bridgehead atoms. The van der Waals surface area contributed by atoms with E-state index in [0.717, 1.165) is 19.1 Å². The molecule has 0 saturated carbocycles. The maximum Gasteiger partial charge on any atom is 0.0469 e. The van der Waals surface area contributed by atoms with Gasteiger partial charge in [0.25, 0.3) is 0 Å². The van der Waals surface area contributed by atoms with Crippen molar-refractivity contribution in [2.45, 2.75) is 31.7 Å². The zero-order valence-electron chi connectivity index (χ0n) is 9.95. The van der Waals surface area contributed by atoms with Crippen LogP contribution >= 0.6 is 11.3 Å². The summed E-state index contributed by atoms with van der Waals surface area (Å²) in [7, 11) is 2.09. The summed E-state index contributed by atoms with van der Waals surface area (Å²) in [5.74, 6) is 0.803. The van der Waals surface area contributed by atoms with E-state index in [1.807, 2.05) is 0 Å². The molecule has 2 nitrogen and oxygen atoms in total. The van der Waals surface area contributed by atoms with Crippen molar-refractivity contribution in [1.82, 2.24) is 5.32 Å². The Bertz CT molecular complexity index is 280. The highest BCUT2D eigenvalue weighted by atomic mass is 32.1. The second kappa shape index (κ2) is 6.38. The van der Waals surface area contributed by atoms with Gasteiger partial charge in [-0.05, 0) is 61.0 Å². The van der Waals surface area contributed by atoms with E-state index in [-0.39, 0.29) is 0 Å². The molecule has 0 radical (unpaired) electrons. The minimum absolute atomic E-state index is 0.656. The Morgan fingerprint density at radius 1 is 1.50 bits per heavy atom. The lowest BCUT2D eigenvalue weighted by atomic mass is 9.88. The quantitative estimate of drug-likeness (QED) is 0.853. The largest absolute Gasteiger partial charge is 0.381 e. The van der Waals surface area contributed by atoms with Crippen LogP contribution in [0.4, 0.5) is 0 Å². The monoisotopic (exact) mass is 239 g/mol. The summed E-state index contributed by atoms with van der Waals surface area (Å²) >= 11 is 1.79. The number of rotatable bonds is 5. The number of ether oxygens (including phenoxy) is 1. The van der Waals surface area contributed by atoms with Gasteiger partial charge in [-0.15, -0.1) is 0 Å². The Labute approximate surface area is 102 Å². The summed E-state index contributed by atoms with van der Waals surface area (Å²) in [4.78, 5) is 0. The molecule has 1 atom stereocenters. The van der Waals surface area contributed by atoms with Crippen LogP contribution in [0.25, 0.3) is 0 Å². The Morgan fingerprint density at radius 3 is 2.94 bits per heavy atom. The first kappa shape index (κ1) is 12.1. The molecule has 1 unspecified atom stereocenters. The summed E-state index contributed by atoms with van der Waals surface area (Å²) in [6, 6.07) is 2.89. The van der Waals surface area contributed by atoms with Gasteiger partial charge in [-0.3, -0.25) is 0 Å². The maximum absolute atomic E-state index is 5.42. The van der Waals surface area contributed by atoms with Gasteiger partial charge >= 0.3 is 0 Å². The molecule has 16 heavy (non-hydrogen) atoms. The van der Waals surface area contributed by atoms with Gasteiger partial charge in [-0.2, -0.15) is 11.3 Å². The standard InChI is InChI=1S/C13H21NOS/c1-14-13(12-4-7-15-8-5-12)3-2-11-6-9-16-10-11/h6,9-10,12-14H,2-5,7-8H2,1H3. The fourth-order valence-electron chi connectivity index (χ4n) is 2.49. The molecule has 2 rings (SSSR count). The second-order valence-electron chi connectivity index (χ2n) is 4.52. The number of hydrogen-bond acceptors (Lipinski definition) is 3. The molecule has 1 aromatic rings. The van der Waals surface area contributed by atoms with Crippen molar-refractivity contribution in [2.24, 2.45) is 5.92 Å². The molecule has 1 aromatic heterocycles. The Balaban J connectivity index is 1.80. The first-order chi connectivity index (χ1) is 7.90. The molecule has 1 aliphatic rings. The summed E-state index contributed by atoms with van der Waals surface area (Å²) in [5, 5.41) is 7.91. The van der Waals surface area contributed by atoms with Gasteiger partial charge < -0.3 is 10.1 Å². The first-order valence-electron chi connectivity index (χ1n) is 6.16. The van der Waals surface area contributed by atoms with Gasteiger partial charge in [0.05, 0.1) is 0 Å². The SMILES string of the molecule is CNC(CCc1ccsc1)C1CCOCC1. The van der Waals surface area contributed by atoms with Crippen LogP contribution in [0.15, 0.2) is 16.8 Å². The number of thiophene rings is 1. The lowest BCUT2D eigenvalue weighted by Crippen LogP contribution is -2.37. The van der Waals surface area contributed by atoms with Gasteiger partial charge in [-0.25, -0.2) is 0 Å². The predicted octanol–water partition coefficient (Wildman–Crippen LogP) is 2.70. The number of nitrogens with one attached hydrogen (secondary N) is 1. The van der Waals surface area contributed by atoms with Crippen LogP contribution in [0.5, 0.6) is 0 Å². The van der Waals surface area contributed by atoms with Crippen molar-refractivity contribution >= 4 is 11.3 Å². The molecule has 1 fully saturated rings. The van der Waals surface area contributed by atoms with E-state index in [1.165, 1.54) is 31.2 Å². The Morgan fingerprint density at radius 2 is 2.31 bits per heavy atom. The average Bonchev–Trinajstić information content (AvgIpc) is 2.84. The first-order valence-corrected chi connectivity index (χ1v) is 7.10. The molecule has 0 aliphatic carbocycles. The zero-order valence-corrected chi connectivity index (χ0v) is 10.8. The summed E-state index contributed by atoms with van der Waals surface area (Å²) in [5.41, 5.74) is 1.48. The molecule has 3 heteroatoms. The van der Waals surface area contributed by atoms with Crippen molar-refractivity contribution in [2.75, 3.05) is 20.3 Å². The summed E-state index contributed by atoms with van der Waals surface area (Å²) < 4.78 is 5.42. The zero-order chi connectivity index (χ0) is 11.2. The van der Waals surface area contributed by atoms with Crippen LogP contribution < -0.4 is 5.32 Å². The molecule has 1 N–H and O–H groups in total. The fourth-order valence-corrected chi connectivity index (χ4v) is 3.19. The third-order valence-electron chi connectivity index (χ3n) is 3.53. The van der Waals surface area contributed by atoms with E-state index in [2.05, 4.69) is 29.2 Å². The maximum atomic E-state index is 5.42. The molecular weight excluding hydrogens is 218 g/mol. The normalized spacial score (nSPS) is 19.8. The van der Waals surface area contributed by atoms with E-state index in [4.69, 9.17) is 4.74 Å². The van der Waals surface area contributed by atoms with Crippen LogP contribution in [0, 0.1) is 5.92 Å². The van der Waals surface area contributed by atoms with Crippen molar-refractivity contribution in [3.63, 3.8) is 0 Å². The van der Waals surface area contributed by atoms with E-state index >= 15 is 0 Å². The van der Waals surface area contributed by atoms with Gasteiger partial charge in [0.15, 0.2) is 0 Å². The Hall–Kier alpha value is -0.380. The molecule has 1 saturated heterocycles. The van der Waals surface area contributed by atoms with Crippen molar-refractivity contribution in [3.05, 3.63) is 22.4 Å². The average molecular weight is 239 g/mol. The number of aryl methyl sites for hydroxylation is 1. The summed E-state index contributed by atoms with van der Waals surface area (Å²) in [6.45, 7) is 1.89. The van der Waals surface area contributed by atoms with Crippen molar-refractivity contribution < 1.29 is 4.74 Å². The molecule has 90 valence electrons. The second-order valence-corrected chi connectivity index (χ2v) is 5.30. The van der Waals surface area contributed by atoms with Crippen LogP contribution in [0.2, 0.25) is 0 Å². The van der Waals surface area contributed by atoms with Gasteiger partial charge in [-0.1, -0.05) is 0 Å². The Kier molecular flexibility index (Phi) is 4.82. The molecule has 0 spiro atoms. The van der Waals surface area contributed by atoms with E-state index in [1.54, 1.807) is 11.3 Å².